The van der Waals surface area contributed by atoms with Crippen LogP contribution in [0.15, 0.2) is 18.2 Å². The molecule has 0 spiro atoms. The number of ether oxygens (including phenoxy) is 1. The van der Waals surface area contributed by atoms with E-state index >= 15 is 0 Å². The summed E-state index contributed by atoms with van der Waals surface area (Å²) in [4.78, 5) is 10.6. The minimum atomic E-state index is -0.576. The van der Waals surface area contributed by atoms with Gasteiger partial charge in [-0.2, -0.15) is 0 Å². The fourth-order valence-corrected chi connectivity index (χ4v) is 1.86. The average molecular weight is 280 g/mol. The van der Waals surface area contributed by atoms with E-state index in [9.17, 15) is 9.90 Å². The van der Waals surface area contributed by atoms with E-state index in [2.05, 4.69) is 16.7 Å². The highest BCUT2D eigenvalue weighted by atomic mass is 16.5. The summed E-state index contributed by atoms with van der Waals surface area (Å²) in [6, 6.07) is 5.97. The summed E-state index contributed by atoms with van der Waals surface area (Å²) < 4.78 is 5.56. The SMILES string of the molecule is CC(=O)NCCNCC(O)COc1cc(C)cc(C)c1. The zero-order valence-corrected chi connectivity index (χ0v) is 12.4. The van der Waals surface area contributed by atoms with Crippen LogP contribution in [-0.2, 0) is 4.79 Å². The van der Waals surface area contributed by atoms with Crippen LogP contribution < -0.4 is 15.4 Å². The molecule has 0 heterocycles. The number of hydrogen-bond donors (Lipinski definition) is 3. The monoisotopic (exact) mass is 280 g/mol. The first-order valence-electron chi connectivity index (χ1n) is 6.81. The second-order valence-corrected chi connectivity index (χ2v) is 4.98. The maximum absolute atomic E-state index is 10.6. The van der Waals surface area contributed by atoms with Crippen LogP contribution in [0.25, 0.3) is 0 Å². The fraction of sp³-hybridized carbons (Fsp3) is 0.533. The molecule has 1 unspecified atom stereocenters. The van der Waals surface area contributed by atoms with Gasteiger partial charge in [0.15, 0.2) is 0 Å². The molecule has 1 aromatic carbocycles. The summed E-state index contributed by atoms with van der Waals surface area (Å²) >= 11 is 0. The summed E-state index contributed by atoms with van der Waals surface area (Å²) in [5.41, 5.74) is 2.28. The zero-order valence-electron chi connectivity index (χ0n) is 12.4. The molecule has 1 amide bonds. The van der Waals surface area contributed by atoms with Crippen LogP contribution in [0, 0.1) is 13.8 Å². The maximum atomic E-state index is 10.6. The zero-order chi connectivity index (χ0) is 15.0. The minimum Gasteiger partial charge on any atom is -0.491 e. The van der Waals surface area contributed by atoms with Crippen molar-refractivity contribution in [3.8, 4) is 5.75 Å². The predicted molar refractivity (Wildman–Crippen MR) is 79.0 cm³/mol. The number of aliphatic hydroxyl groups excluding tert-OH is 1. The second-order valence-electron chi connectivity index (χ2n) is 4.98. The second kappa shape index (κ2) is 8.55. The lowest BCUT2D eigenvalue weighted by Crippen LogP contribution is -2.36. The lowest BCUT2D eigenvalue weighted by atomic mass is 10.1. The van der Waals surface area contributed by atoms with Gasteiger partial charge in [-0.25, -0.2) is 0 Å². The first-order valence-corrected chi connectivity index (χ1v) is 6.81. The van der Waals surface area contributed by atoms with Gasteiger partial charge >= 0.3 is 0 Å². The maximum Gasteiger partial charge on any atom is 0.216 e. The number of carbonyl (C=O) groups excluding carboxylic acids is 1. The topological polar surface area (TPSA) is 70.6 Å². The van der Waals surface area contributed by atoms with Gasteiger partial charge in [0, 0.05) is 26.6 Å². The largest absolute Gasteiger partial charge is 0.491 e. The molecule has 112 valence electrons. The molecule has 0 aromatic heterocycles. The van der Waals surface area contributed by atoms with Gasteiger partial charge in [-0.3, -0.25) is 4.79 Å². The standard InChI is InChI=1S/C15H24N2O3/c1-11-6-12(2)8-15(7-11)20-10-14(19)9-16-4-5-17-13(3)18/h6-8,14,16,19H,4-5,9-10H2,1-3H3,(H,17,18). The van der Waals surface area contributed by atoms with Crippen molar-refractivity contribution in [3.63, 3.8) is 0 Å². The molecule has 0 fully saturated rings. The summed E-state index contributed by atoms with van der Waals surface area (Å²) in [5, 5.41) is 15.5. The Bertz CT molecular complexity index is 415. The molecular weight excluding hydrogens is 256 g/mol. The third-order valence-corrected chi connectivity index (χ3v) is 2.69. The van der Waals surface area contributed by atoms with Crippen LogP contribution in [0.1, 0.15) is 18.1 Å². The van der Waals surface area contributed by atoms with Gasteiger partial charge < -0.3 is 20.5 Å². The molecule has 5 heteroatoms. The Kier molecular flexibility index (Phi) is 7.04. The van der Waals surface area contributed by atoms with E-state index in [-0.39, 0.29) is 12.5 Å². The van der Waals surface area contributed by atoms with Gasteiger partial charge in [-0.05, 0) is 37.1 Å². The highest BCUT2D eigenvalue weighted by Gasteiger charge is 2.05. The van der Waals surface area contributed by atoms with Crippen molar-refractivity contribution in [3.05, 3.63) is 29.3 Å². The first-order chi connectivity index (χ1) is 9.47. The number of rotatable bonds is 8. The Morgan fingerprint density at radius 1 is 1.25 bits per heavy atom. The van der Waals surface area contributed by atoms with Gasteiger partial charge in [0.05, 0.1) is 0 Å². The third kappa shape index (κ3) is 7.11. The molecule has 0 aliphatic carbocycles. The van der Waals surface area contributed by atoms with Crippen molar-refractivity contribution in [2.45, 2.75) is 26.9 Å². The number of aryl methyl sites for hydroxylation is 2. The summed E-state index contributed by atoms with van der Waals surface area (Å²) in [6.07, 6.45) is -0.576. The quantitative estimate of drug-likeness (QED) is 0.615. The molecular formula is C15H24N2O3. The molecule has 0 radical (unpaired) electrons. The first kappa shape index (κ1) is 16.5. The highest BCUT2D eigenvalue weighted by Crippen LogP contribution is 2.16. The number of amides is 1. The van der Waals surface area contributed by atoms with E-state index in [4.69, 9.17) is 4.74 Å². The smallest absolute Gasteiger partial charge is 0.216 e. The van der Waals surface area contributed by atoms with Gasteiger partial charge in [0.2, 0.25) is 5.91 Å². The normalized spacial score (nSPS) is 12.0. The number of carbonyl (C=O) groups is 1. The van der Waals surface area contributed by atoms with Crippen molar-refractivity contribution < 1.29 is 14.6 Å². The third-order valence-electron chi connectivity index (χ3n) is 2.69. The molecule has 0 aliphatic heterocycles. The van der Waals surface area contributed by atoms with Crippen molar-refractivity contribution in [1.82, 2.24) is 10.6 Å². The lowest BCUT2D eigenvalue weighted by molar-refractivity contribution is -0.118. The Hall–Kier alpha value is -1.59. The van der Waals surface area contributed by atoms with E-state index in [1.54, 1.807) is 0 Å². The van der Waals surface area contributed by atoms with Crippen LogP contribution in [0.5, 0.6) is 5.75 Å². The van der Waals surface area contributed by atoms with Crippen LogP contribution in [0.4, 0.5) is 0 Å². The van der Waals surface area contributed by atoms with Crippen LogP contribution in [-0.4, -0.2) is 43.4 Å². The van der Waals surface area contributed by atoms with E-state index in [0.29, 0.717) is 19.6 Å². The molecule has 0 saturated carbocycles. The lowest BCUT2D eigenvalue weighted by Gasteiger charge is -2.14. The molecule has 0 bridgehead atoms. The number of benzene rings is 1. The van der Waals surface area contributed by atoms with E-state index < -0.39 is 6.10 Å². The molecule has 1 atom stereocenters. The number of aliphatic hydroxyl groups is 1. The summed E-state index contributed by atoms with van der Waals surface area (Å²) in [6.45, 7) is 7.37. The average Bonchev–Trinajstić information content (AvgIpc) is 2.34. The summed E-state index contributed by atoms with van der Waals surface area (Å²) in [7, 11) is 0. The molecule has 1 aromatic rings. The van der Waals surface area contributed by atoms with Crippen LogP contribution in [0.3, 0.4) is 0 Å². The van der Waals surface area contributed by atoms with Crippen molar-refractivity contribution >= 4 is 5.91 Å². The van der Waals surface area contributed by atoms with Gasteiger partial charge in [-0.15, -0.1) is 0 Å². The molecule has 20 heavy (non-hydrogen) atoms. The number of hydrogen-bond acceptors (Lipinski definition) is 4. The Morgan fingerprint density at radius 2 is 1.90 bits per heavy atom. The van der Waals surface area contributed by atoms with Crippen molar-refractivity contribution in [2.24, 2.45) is 0 Å². The van der Waals surface area contributed by atoms with Gasteiger partial charge in [-0.1, -0.05) is 6.07 Å². The fourth-order valence-electron chi connectivity index (χ4n) is 1.86. The van der Waals surface area contributed by atoms with Gasteiger partial charge in [0.1, 0.15) is 18.5 Å². The molecule has 0 aliphatic rings. The Labute approximate surface area is 120 Å². The minimum absolute atomic E-state index is 0.0505. The van der Waals surface area contributed by atoms with Crippen LogP contribution in [0.2, 0.25) is 0 Å². The van der Waals surface area contributed by atoms with Crippen LogP contribution >= 0.6 is 0 Å². The van der Waals surface area contributed by atoms with Gasteiger partial charge in [0.25, 0.3) is 0 Å². The molecule has 3 N–H and O–H groups in total. The summed E-state index contributed by atoms with van der Waals surface area (Å²) in [5.74, 6) is 0.727. The van der Waals surface area contributed by atoms with E-state index in [1.807, 2.05) is 26.0 Å². The molecule has 5 nitrogen and oxygen atoms in total. The molecule has 1 rings (SSSR count). The van der Waals surface area contributed by atoms with Crippen molar-refractivity contribution in [2.75, 3.05) is 26.2 Å². The Morgan fingerprint density at radius 3 is 2.50 bits per heavy atom. The van der Waals surface area contributed by atoms with E-state index in [1.165, 1.54) is 6.92 Å². The van der Waals surface area contributed by atoms with E-state index in [0.717, 1.165) is 16.9 Å². The Balaban J connectivity index is 2.19. The highest BCUT2D eigenvalue weighted by molar-refractivity contribution is 5.72. The molecule has 0 saturated heterocycles. The number of nitrogens with one attached hydrogen (secondary N) is 2. The predicted octanol–water partition coefficient (Wildman–Crippen LogP) is 0.769. The van der Waals surface area contributed by atoms with Crippen molar-refractivity contribution in [1.29, 1.82) is 0 Å².